The largest absolute Gasteiger partial charge is 0.455 e. The Kier molecular flexibility index (Phi) is 5.62. The van der Waals surface area contributed by atoms with Crippen molar-refractivity contribution in [2.75, 3.05) is 6.61 Å². The first-order valence-electron chi connectivity index (χ1n) is 8.54. The van der Waals surface area contributed by atoms with Gasteiger partial charge in [-0.2, -0.15) is 0 Å². The van der Waals surface area contributed by atoms with Crippen molar-refractivity contribution in [2.45, 2.75) is 63.8 Å². The molecule has 0 bridgehead atoms. The van der Waals surface area contributed by atoms with Crippen molar-refractivity contribution in [1.29, 1.82) is 0 Å². The van der Waals surface area contributed by atoms with Gasteiger partial charge in [-0.25, -0.2) is 4.39 Å². The minimum absolute atomic E-state index is 0.335. The molecule has 0 unspecified atom stereocenters. The molecule has 5 heteroatoms. The topological polar surface area (TPSA) is 55.4 Å². The molecule has 0 radical (unpaired) electrons. The highest BCUT2D eigenvalue weighted by molar-refractivity contribution is 5.87. The Hall–Kier alpha value is -1.91. The Balaban J connectivity index is 2.09. The summed E-state index contributed by atoms with van der Waals surface area (Å²) in [5.74, 6) is -1.24. The van der Waals surface area contributed by atoms with E-state index >= 15 is 0 Å². The maximum absolute atomic E-state index is 14.2. The van der Waals surface area contributed by atoms with Gasteiger partial charge in [0, 0.05) is 11.1 Å². The number of hydrogen-bond donors (Lipinski definition) is 1. The van der Waals surface area contributed by atoms with Crippen molar-refractivity contribution in [1.82, 2.24) is 5.32 Å². The van der Waals surface area contributed by atoms with Crippen LogP contribution in [0.4, 0.5) is 4.39 Å². The molecule has 1 aliphatic rings. The average Bonchev–Trinajstić information content (AvgIpc) is 3.03. The van der Waals surface area contributed by atoms with Gasteiger partial charge < -0.3 is 10.1 Å². The molecular weight excluding hydrogens is 309 g/mol. The van der Waals surface area contributed by atoms with E-state index < -0.39 is 17.2 Å². The molecule has 1 saturated carbocycles. The number of carbonyl (C=O) groups is 2. The van der Waals surface area contributed by atoms with E-state index in [1.54, 1.807) is 18.2 Å². The van der Waals surface area contributed by atoms with Crippen LogP contribution >= 0.6 is 0 Å². The first-order chi connectivity index (χ1) is 11.3. The molecule has 0 aromatic heterocycles. The number of esters is 1. The fourth-order valence-electron chi connectivity index (χ4n) is 3.18. The minimum Gasteiger partial charge on any atom is -0.455 e. The molecular formula is C19H26FNO3. The average molecular weight is 335 g/mol. The zero-order valence-corrected chi connectivity index (χ0v) is 14.7. The molecule has 0 saturated heterocycles. The van der Waals surface area contributed by atoms with E-state index in [0.717, 1.165) is 19.3 Å². The normalized spacial score (nSPS) is 16.7. The van der Waals surface area contributed by atoms with E-state index in [0.29, 0.717) is 18.4 Å². The minimum atomic E-state index is -0.966. The molecule has 1 aliphatic carbocycles. The van der Waals surface area contributed by atoms with Crippen LogP contribution in [0.15, 0.2) is 24.3 Å². The van der Waals surface area contributed by atoms with E-state index in [-0.39, 0.29) is 18.1 Å². The zero-order chi connectivity index (χ0) is 17.8. The van der Waals surface area contributed by atoms with Crippen molar-refractivity contribution >= 4 is 11.9 Å². The number of carbonyl (C=O) groups excluding carboxylic acids is 2. The van der Waals surface area contributed by atoms with Gasteiger partial charge in [-0.1, -0.05) is 38.0 Å². The molecule has 1 aromatic rings. The van der Waals surface area contributed by atoms with Gasteiger partial charge >= 0.3 is 5.97 Å². The number of benzene rings is 1. The maximum atomic E-state index is 14.2. The van der Waals surface area contributed by atoms with Crippen LogP contribution < -0.4 is 5.32 Å². The van der Waals surface area contributed by atoms with Gasteiger partial charge in [0.15, 0.2) is 6.61 Å². The van der Waals surface area contributed by atoms with Crippen LogP contribution in [0.5, 0.6) is 0 Å². The molecule has 1 N–H and O–H groups in total. The fourth-order valence-corrected chi connectivity index (χ4v) is 3.18. The van der Waals surface area contributed by atoms with Gasteiger partial charge in [-0.15, -0.1) is 0 Å². The summed E-state index contributed by atoms with van der Waals surface area (Å²) in [6.45, 7) is 5.45. The third-order valence-electron chi connectivity index (χ3n) is 4.93. The lowest BCUT2D eigenvalue weighted by Gasteiger charge is -2.28. The first kappa shape index (κ1) is 18.4. The highest BCUT2D eigenvalue weighted by Gasteiger charge is 2.46. The van der Waals surface area contributed by atoms with Crippen molar-refractivity contribution in [3.05, 3.63) is 35.6 Å². The summed E-state index contributed by atoms with van der Waals surface area (Å²) in [6.07, 6.45) is 3.56. The summed E-state index contributed by atoms with van der Waals surface area (Å²) in [6, 6.07) is 6.33. The highest BCUT2D eigenvalue weighted by atomic mass is 19.1. The van der Waals surface area contributed by atoms with Crippen LogP contribution in [0.25, 0.3) is 0 Å². The molecule has 0 heterocycles. The summed E-state index contributed by atoms with van der Waals surface area (Å²) in [7, 11) is 0. The van der Waals surface area contributed by atoms with Gasteiger partial charge in [-0.3, -0.25) is 9.59 Å². The van der Waals surface area contributed by atoms with Gasteiger partial charge in [0.2, 0.25) is 0 Å². The number of rotatable bonds is 6. The van der Waals surface area contributed by atoms with E-state index in [1.165, 1.54) is 6.07 Å². The molecule has 4 nitrogen and oxygen atoms in total. The lowest BCUT2D eigenvalue weighted by molar-refractivity contribution is -0.154. The van der Waals surface area contributed by atoms with Crippen LogP contribution in [-0.2, 0) is 19.7 Å². The number of hydrogen-bond acceptors (Lipinski definition) is 3. The summed E-state index contributed by atoms with van der Waals surface area (Å²) in [4.78, 5) is 24.7. The number of nitrogens with one attached hydrogen (secondary N) is 1. The number of amides is 1. The van der Waals surface area contributed by atoms with Crippen LogP contribution in [0.1, 0.15) is 58.4 Å². The second kappa shape index (κ2) is 7.32. The molecule has 132 valence electrons. The van der Waals surface area contributed by atoms with Gasteiger partial charge in [0.05, 0.1) is 5.41 Å². The van der Waals surface area contributed by atoms with Crippen LogP contribution in [0.2, 0.25) is 0 Å². The lowest BCUT2D eigenvalue weighted by atomic mass is 9.78. The summed E-state index contributed by atoms with van der Waals surface area (Å²) >= 11 is 0. The summed E-state index contributed by atoms with van der Waals surface area (Å²) in [5, 5.41) is 2.83. The Bertz CT molecular complexity index is 606. The molecule has 1 fully saturated rings. The lowest BCUT2D eigenvalue weighted by Crippen LogP contribution is -2.45. The summed E-state index contributed by atoms with van der Waals surface area (Å²) < 4.78 is 19.5. The summed E-state index contributed by atoms with van der Waals surface area (Å²) in [5.41, 5.74) is -0.937. The maximum Gasteiger partial charge on any atom is 0.317 e. The Morgan fingerprint density at radius 2 is 1.88 bits per heavy atom. The molecule has 0 atom stereocenters. The first-order valence-corrected chi connectivity index (χ1v) is 8.54. The van der Waals surface area contributed by atoms with E-state index in [1.807, 2.05) is 20.8 Å². The predicted molar refractivity (Wildman–Crippen MR) is 90.0 cm³/mol. The van der Waals surface area contributed by atoms with Gasteiger partial charge in [0.25, 0.3) is 5.91 Å². The Morgan fingerprint density at radius 1 is 1.25 bits per heavy atom. The Morgan fingerprint density at radius 3 is 2.46 bits per heavy atom. The highest BCUT2D eigenvalue weighted by Crippen LogP contribution is 2.43. The molecule has 24 heavy (non-hydrogen) atoms. The molecule has 1 aromatic carbocycles. The van der Waals surface area contributed by atoms with Crippen LogP contribution in [0, 0.1) is 5.82 Å². The molecule has 0 aliphatic heterocycles. The smallest absolute Gasteiger partial charge is 0.317 e. The van der Waals surface area contributed by atoms with Crippen molar-refractivity contribution in [3.63, 3.8) is 0 Å². The second-order valence-corrected chi connectivity index (χ2v) is 7.13. The van der Waals surface area contributed by atoms with Crippen LogP contribution in [0.3, 0.4) is 0 Å². The molecule has 0 spiro atoms. The van der Waals surface area contributed by atoms with E-state index in [2.05, 4.69) is 5.32 Å². The predicted octanol–water partition coefficient (Wildman–Crippen LogP) is 3.49. The number of ether oxygens (including phenoxy) is 1. The van der Waals surface area contributed by atoms with Gasteiger partial charge in [-0.05, 0) is 39.2 Å². The second-order valence-electron chi connectivity index (χ2n) is 7.13. The van der Waals surface area contributed by atoms with Gasteiger partial charge in [0.1, 0.15) is 5.82 Å². The zero-order valence-electron chi connectivity index (χ0n) is 14.7. The third-order valence-corrected chi connectivity index (χ3v) is 4.93. The van der Waals surface area contributed by atoms with Crippen molar-refractivity contribution < 1.29 is 18.7 Å². The van der Waals surface area contributed by atoms with Crippen LogP contribution in [-0.4, -0.2) is 24.0 Å². The van der Waals surface area contributed by atoms with E-state index in [4.69, 9.17) is 4.74 Å². The number of halogens is 1. The Labute approximate surface area is 142 Å². The molecule has 1 amide bonds. The fraction of sp³-hybridized carbons (Fsp3) is 0.579. The standard InChI is InChI=1S/C19H26FNO3/c1-4-18(2,3)21-16(22)13-24-17(23)19(11-7-8-12-19)14-9-5-6-10-15(14)20/h5-6,9-10H,4,7-8,11-13H2,1-3H3,(H,21,22). The van der Waals surface area contributed by atoms with Crippen molar-refractivity contribution in [2.24, 2.45) is 0 Å². The quantitative estimate of drug-likeness (QED) is 0.810. The van der Waals surface area contributed by atoms with Crippen molar-refractivity contribution in [3.8, 4) is 0 Å². The SMILES string of the molecule is CCC(C)(C)NC(=O)COC(=O)C1(c2ccccc2F)CCCC1. The molecule has 2 rings (SSSR count). The van der Waals surface area contributed by atoms with E-state index in [9.17, 15) is 14.0 Å². The third kappa shape index (κ3) is 3.94. The monoisotopic (exact) mass is 335 g/mol.